The van der Waals surface area contributed by atoms with Crippen molar-refractivity contribution in [2.45, 2.75) is 39.3 Å². The van der Waals surface area contributed by atoms with E-state index < -0.39 is 39.4 Å². The van der Waals surface area contributed by atoms with Gasteiger partial charge in [0.05, 0.1) is 23.8 Å². The van der Waals surface area contributed by atoms with E-state index in [-0.39, 0.29) is 40.4 Å². The molecular weight excluding hydrogens is 681 g/mol. The predicted octanol–water partition coefficient (Wildman–Crippen LogP) is 8.03. The van der Waals surface area contributed by atoms with Crippen molar-refractivity contribution in [2.24, 2.45) is 5.41 Å². The third-order valence-electron chi connectivity index (χ3n) is 7.32. The van der Waals surface area contributed by atoms with E-state index in [0.717, 1.165) is 11.6 Å². The van der Waals surface area contributed by atoms with Gasteiger partial charge < -0.3 is 15.4 Å². The second-order valence-electron chi connectivity index (χ2n) is 12.7. The van der Waals surface area contributed by atoms with Gasteiger partial charge in [-0.15, -0.1) is 0 Å². The van der Waals surface area contributed by atoms with Crippen LogP contribution in [0.1, 0.15) is 53.7 Å². The summed E-state index contributed by atoms with van der Waals surface area (Å²) < 4.78 is 77.7. The average Bonchev–Trinajstić information content (AvgIpc) is 3.02. The molecule has 1 unspecified atom stereocenters. The van der Waals surface area contributed by atoms with E-state index in [1.54, 1.807) is 48.5 Å². The van der Waals surface area contributed by atoms with Crippen LogP contribution in [0.3, 0.4) is 0 Å². The van der Waals surface area contributed by atoms with Crippen molar-refractivity contribution >= 4 is 39.2 Å². The summed E-state index contributed by atoms with van der Waals surface area (Å²) in [7, 11) is -4.22. The molecule has 0 heterocycles. The molecular formula is C36H36ClF3N2O6S. The highest BCUT2D eigenvalue weighted by Crippen LogP contribution is 2.39. The molecule has 0 bridgehead atoms. The predicted molar refractivity (Wildman–Crippen MR) is 184 cm³/mol. The third-order valence-corrected chi connectivity index (χ3v) is 8.28. The van der Waals surface area contributed by atoms with E-state index in [9.17, 15) is 31.2 Å². The number of carbonyl (C=O) groups excluding carboxylic acids is 2. The molecule has 0 saturated carbocycles. The highest BCUT2D eigenvalue weighted by atomic mass is 35.5. The summed E-state index contributed by atoms with van der Waals surface area (Å²) in [5, 5.41) is 5.26. The second-order valence-corrected chi connectivity index (χ2v) is 14.7. The molecule has 0 radical (unpaired) electrons. The van der Waals surface area contributed by atoms with Crippen LogP contribution < -0.4 is 15.4 Å². The Balaban J connectivity index is 1.55. The van der Waals surface area contributed by atoms with Crippen molar-refractivity contribution in [3.8, 4) is 16.9 Å². The molecule has 4 aromatic carbocycles. The Labute approximate surface area is 288 Å². The molecule has 0 aliphatic carbocycles. The molecule has 0 aliphatic rings. The minimum absolute atomic E-state index is 0.0339. The lowest BCUT2D eigenvalue weighted by Crippen LogP contribution is -2.28. The molecule has 0 aromatic heterocycles. The first kappa shape index (κ1) is 37.4. The summed E-state index contributed by atoms with van der Waals surface area (Å²) in [6.07, 6.45) is -4.38. The van der Waals surface area contributed by atoms with Crippen LogP contribution in [-0.2, 0) is 27.5 Å². The Kier molecular flexibility index (Phi) is 11.8. The van der Waals surface area contributed by atoms with Crippen LogP contribution in [0, 0.1) is 5.41 Å². The molecule has 0 saturated heterocycles. The van der Waals surface area contributed by atoms with Crippen molar-refractivity contribution in [3.63, 3.8) is 0 Å². The summed E-state index contributed by atoms with van der Waals surface area (Å²) in [4.78, 5) is 26.2. The average molecular weight is 717 g/mol. The minimum Gasteiger partial charge on any atom is -0.493 e. The van der Waals surface area contributed by atoms with E-state index in [0.29, 0.717) is 29.2 Å². The van der Waals surface area contributed by atoms with Gasteiger partial charge in [0.15, 0.2) is 0 Å². The van der Waals surface area contributed by atoms with Crippen LogP contribution in [0.2, 0.25) is 5.02 Å². The van der Waals surface area contributed by atoms with Gasteiger partial charge in [0.2, 0.25) is 5.91 Å². The number of hydrogen-bond donors (Lipinski definition) is 3. The first-order valence-corrected chi connectivity index (χ1v) is 17.2. The number of amides is 2. The Morgan fingerprint density at radius 2 is 1.53 bits per heavy atom. The van der Waals surface area contributed by atoms with E-state index in [1.807, 2.05) is 20.8 Å². The van der Waals surface area contributed by atoms with E-state index in [1.165, 1.54) is 36.4 Å². The number of hydrogen-bond acceptors (Lipinski definition) is 5. The number of carbonyl (C=O) groups is 2. The molecule has 4 aromatic rings. The zero-order valence-corrected chi connectivity index (χ0v) is 28.5. The third kappa shape index (κ3) is 11.3. The molecule has 3 N–H and O–H groups in total. The number of halogens is 4. The topological polar surface area (TPSA) is 122 Å². The lowest BCUT2D eigenvalue weighted by atomic mass is 9.90. The van der Waals surface area contributed by atoms with E-state index >= 15 is 0 Å². The summed E-state index contributed by atoms with van der Waals surface area (Å²) in [6, 6.07) is 23.2. The lowest BCUT2D eigenvalue weighted by Gasteiger charge is -2.20. The molecule has 49 heavy (non-hydrogen) atoms. The van der Waals surface area contributed by atoms with Crippen LogP contribution in [0.5, 0.6) is 5.75 Å². The zero-order valence-electron chi connectivity index (χ0n) is 27.0. The number of benzene rings is 4. The normalized spacial score (nSPS) is 12.7. The standard InChI is InChI=1S/C36H36ClF3N2O6S/c1-35(2,3)22-48-29-15-10-25(11-16-29)31(20-23-4-6-26(7-5-23)33(43)41-18-19-49(45,46)47)34(44)42-28-13-8-24(9-14-28)30-17-12-27(37)21-32(30)36(38,39)40/h4-17,21,31H,18-20,22H2,1-3H3,(H,41,43)(H,42,44)(H,45,46,47). The summed E-state index contributed by atoms with van der Waals surface area (Å²) in [5.74, 6) is -1.59. The monoisotopic (exact) mass is 716 g/mol. The Morgan fingerprint density at radius 3 is 2.10 bits per heavy atom. The Morgan fingerprint density at radius 1 is 0.898 bits per heavy atom. The fraction of sp³-hybridized carbons (Fsp3) is 0.278. The number of rotatable bonds is 12. The van der Waals surface area contributed by atoms with Crippen molar-refractivity contribution in [1.82, 2.24) is 5.32 Å². The number of anilines is 1. The van der Waals surface area contributed by atoms with Crippen molar-refractivity contribution < 1.29 is 40.5 Å². The molecule has 260 valence electrons. The van der Waals surface area contributed by atoms with Crippen LogP contribution in [-0.4, -0.2) is 43.7 Å². The maximum atomic E-state index is 13.8. The summed E-state index contributed by atoms with van der Waals surface area (Å²) in [5.41, 5.74) is 1.37. The van der Waals surface area contributed by atoms with Crippen molar-refractivity contribution in [1.29, 1.82) is 0 Å². The molecule has 13 heteroatoms. The van der Waals surface area contributed by atoms with Gasteiger partial charge in [0, 0.05) is 22.8 Å². The lowest BCUT2D eigenvalue weighted by molar-refractivity contribution is -0.137. The largest absolute Gasteiger partial charge is 0.493 e. The molecule has 0 fully saturated rings. The van der Waals surface area contributed by atoms with Crippen molar-refractivity contribution in [3.05, 3.63) is 118 Å². The summed E-state index contributed by atoms with van der Waals surface area (Å²) in [6.45, 7) is 6.37. The van der Waals surface area contributed by atoms with Crippen LogP contribution in [0.4, 0.5) is 18.9 Å². The first-order chi connectivity index (χ1) is 22.9. The number of alkyl halides is 3. The van der Waals surface area contributed by atoms with Gasteiger partial charge in [-0.25, -0.2) is 0 Å². The van der Waals surface area contributed by atoms with Gasteiger partial charge >= 0.3 is 6.18 Å². The molecule has 0 spiro atoms. The summed E-state index contributed by atoms with van der Waals surface area (Å²) >= 11 is 5.83. The fourth-order valence-electron chi connectivity index (χ4n) is 4.85. The second kappa shape index (κ2) is 15.4. The van der Waals surface area contributed by atoms with E-state index in [2.05, 4.69) is 10.6 Å². The number of nitrogens with one attached hydrogen (secondary N) is 2. The van der Waals surface area contributed by atoms with E-state index in [4.69, 9.17) is 20.9 Å². The highest BCUT2D eigenvalue weighted by molar-refractivity contribution is 7.85. The molecule has 1 atom stereocenters. The van der Waals surface area contributed by atoms with Gasteiger partial charge in [0.1, 0.15) is 5.75 Å². The van der Waals surface area contributed by atoms with Gasteiger partial charge in [-0.2, -0.15) is 21.6 Å². The molecule has 0 aliphatic heterocycles. The molecule has 2 amide bonds. The first-order valence-electron chi connectivity index (χ1n) is 15.2. The molecule has 4 rings (SSSR count). The van der Waals surface area contributed by atoms with Gasteiger partial charge in [0.25, 0.3) is 16.0 Å². The maximum Gasteiger partial charge on any atom is 0.417 e. The molecule has 8 nitrogen and oxygen atoms in total. The van der Waals surface area contributed by atoms with Gasteiger partial charge in [-0.1, -0.05) is 74.8 Å². The fourth-order valence-corrected chi connectivity index (χ4v) is 5.38. The van der Waals surface area contributed by atoms with Crippen molar-refractivity contribution in [2.75, 3.05) is 24.2 Å². The Bertz CT molecular complexity index is 1870. The smallest absolute Gasteiger partial charge is 0.417 e. The Hall–Kier alpha value is -4.39. The van der Waals surface area contributed by atoms with Gasteiger partial charge in [-0.3, -0.25) is 14.1 Å². The SMILES string of the molecule is CC(C)(C)COc1ccc(C(Cc2ccc(C(=O)NCCS(=O)(=O)O)cc2)C(=O)Nc2ccc(-c3ccc(Cl)cc3C(F)(F)F)cc2)cc1. The maximum absolute atomic E-state index is 13.8. The number of ether oxygens (including phenoxy) is 1. The van der Waals surface area contributed by atoms with Crippen LogP contribution in [0.25, 0.3) is 11.1 Å². The zero-order chi connectivity index (χ0) is 36.0. The quantitative estimate of drug-likeness (QED) is 0.128. The van der Waals surface area contributed by atoms with Crippen LogP contribution >= 0.6 is 11.6 Å². The van der Waals surface area contributed by atoms with Crippen LogP contribution in [0.15, 0.2) is 91.0 Å². The van der Waals surface area contributed by atoms with Gasteiger partial charge in [-0.05, 0) is 82.6 Å². The minimum atomic E-state index is -4.61. The highest BCUT2D eigenvalue weighted by Gasteiger charge is 2.34.